The van der Waals surface area contributed by atoms with Crippen molar-refractivity contribution >= 4 is 0 Å². The minimum Gasteiger partial charge on any atom is -0.508 e. The first-order valence-electron chi connectivity index (χ1n) is 5.69. The summed E-state index contributed by atoms with van der Waals surface area (Å²) >= 11 is 0. The first-order chi connectivity index (χ1) is 7.20. The largest absolute Gasteiger partial charge is 0.508 e. The van der Waals surface area contributed by atoms with Crippen LogP contribution < -0.4 is 0 Å². The maximum absolute atomic E-state index is 10.2. The summed E-state index contributed by atoms with van der Waals surface area (Å²) in [6, 6.07) is 7.37. The molecular formula is C13H18O2. The van der Waals surface area contributed by atoms with Crippen molar-refractivity contribution < 1.29 is 10.2 Å². The molecule has 0 heterocycles. The van der Waals surface area contributed by atoms with E-state index in [1.807, 2.05) is 18.2 Å². The van der Waals surface area contributed by atoms with Crippen molar-refractivity contribution in [3.8, 4) is 5.75 Å². The molecule has 1 aliphatic rings. The highest BCUT2D eigenvalue weighted by Gasteiger charge is 2.30. The Bertz CT molecular complexity index is 327. The molecule has 0 aromatic heterocycles. The van der Waals surface area contributed by atoms with E-state index in [0.717, 1.165) is 44.1 Å². The van der Waals surface area contributed by atoms with Gasteiger partial charge in [0.2, 0.25) is 0 Å². The predicted molar refractivity (Wildman–Crippen MR) is 59.8 cm³/mol. The summed E-state index contributed by atoms with van der Waals surface area (Å²) in [5, 5.41) is 19.7. The molecule has 0 spiro atoms. The summed E-state index contributed by atoms with van der Waals surface area (Å²) in [7, 11) is 0. The molecule has 1 aromatic rings. The topological polar surface area (TPSA) is 40.5 Å². The van der Waals surface area contributed by atoms with Crippen LogP contribution in [0.2, 0.25) is 0 Å². The standard InChI is InChI=1S/C13H18O2/c14-12-6-2-1-5-11(12)7-10-13(15)8-3-4-9-13/h1-2,5-6,14-15H,3-4,7-10H2. The van der Waals surface area contributed by atoms with Crippen molar-refractivity contribution in [3.63, 3.8) is 0 Å². The lowest BCUT2D eigenvalue weighted by Gasteiger charge is -2.21. The second kappa shape index (κ2) is 4.23. The molecule has 0 unspecified atom stereocenters. The van der Waals surface area contributed by atoms with E-state index >= 15 is 0 Å². The first kappa shape index (κ1) is 10.5. The summed E-state index contributed by atoms with van der Waals surface area (Å²) in [5.41, 5.74) is 0.472. The van der Waals surface area contributed by atoms with Crippen LogP contribution >= 0.6 is 0 Å². The molecule has 0 atom stereocenters. The van der Waals surface area contributed by atoms with Gasteiger partial charge < -0.3 is 10.2 Å². The van der Waals surface area contributed by atoms with Crippen molar-refractivity contribution in [2.24, 2.45) is 0 Å². The van der Waals surface area contributed by atoms with Crippen LogP contribution in [0.3, 0.4) is 0 Å². The number of hydrogen-bond donors (Lipinski definition) is 2. The zero-order valence-electron chi connectivity index (χ0n) is 8.95. The summed E-state index contributed by atoms with van der Waals surface area (Å²) in [6.07, 6.45) is 5.64. The average molecular weight is 206 g/mol. The Morgan fingerprint density at radius 1 is 1.13 bits per heavy atom. The van der Waals surface area contributed by atoms with E-state index in [2.05, 4.69) is 0 Å². The van der Waals surface area contributed by atoms with E-state index < -0.39 is 5.60 Å². The van der Waals surface area contributed by atoms with Crippen molar-refractivity contribution in [2.75, 3.05) is 0 Å². The molecule has 2 nitrogen and oxygen atoms in total. The highest BCUT2D eigenvalue weighted by molar-refractivity contribution is 5.31. The number of hydrogen-bond acceptors (Lipinski definition) is 2. The van der Waals surface area contributed by atoms with E-state index in [-0.39, 0.29) is 0 Å². The van der Waals surface area contributed by atoms with Crippen LogP contribution in [-0.4, -0.2) is 15.8 Å². The van der Waals surface area contributed by atoms with Gasteiger partial charge in [0.05, 0.1) is 5.60 Å². The van der Waals surface area contributed by atoms with Gasteiger partial charge in [0.1, 0.15) is 5.75 Å². The highest BCUT2D eigenvalue weighted by Crippen LogP contribution is 2.34. The molecule has 1 aromatic carbocycles. The number of phenolic OH excluding ortho intramolecular Hbond substituents is 1. The van der Waals surface area contributed by atoms with E-state index in [9.17, 15) is 10.2 Å². The third kappa shape index (κ3) is 2.51. The zero-order chi connectivity index (χ0) is 10.7. The SMILES string of the molecule is Oc1ccccc1CCC1(O)CCCC1. The maximum atomic E-state index is 10.2. The Kier molecular flexibility index (Phi) is 2.96. The molecule has 2 heteroatoms. The van der Waals surface area contributed by atoms with Gasteiger partial charge in [0, 0.05) is 0 Å². The van der Waals surface area contributed by atoms with Crippen LogP contribution in [-0.2, 0) is 6.42 Å². The number of para-hydroxylation sites is 1. The van der Waals surface area contributed by atoms with Gasteiger partial charge in [-0.05, 0) is 37.3 Å². The Balaban J connectivity index is 1.95. The lowest BCUT2D eigenvalue weighted by molar-refractivity contribution is 0.0390. The Labute approximate surface area is 90.6 Å². The zero-order valence-corrected chi connectivity index (χ0v) is 8.95. The molecule has 15 heavy (non-hydrogen) atoms. The molecule has 1 fully saturated rings. The van der Waals surface area contributed by atoms with Gasteiger partial charge in [-0.25, -0.2) is 0 Å². The summed E-state index contributed by atoms with van der Waals surface area (Å²) < 4.78 is 0. The molecule has 1 aliphatic carbocycles. The monoisotopic (exact) mass is 206 g/mol. The molecule has 2 rings (SSSR count). The molecule has 0 radical (unpaired) electrons. The van der Waals surface area contributed by atoms with E-state index in [4.69, 9.17) is 0 Å². The number of rotatable bonds is 3. The summed E-state index contributed by atoms with van der Waals surface area (Å²) in [4.78, 5) is 0. The van der Waals surface area contributed by atoms with E-state index in [1.54, 1.807) is 6.07 Å². The van der Waals surface area contributed by atoms with Gasteiger partial charge in [-0.2, -0.15) is 0 Å². The van der Waals surface area contributed by atoms with E-state index in [1.165, 1.54) is 0 Å². The minimum atomic E-state index is -0.470. The van der Waals surface area contributed by atoms with Crippen LogP contribution in [0.5, 0.6) is 5.75 Å². The second-order valence-corrected chi connectivity index (χ2v) is 4.56. The van der Waals surface area contributed by atoms with Gasteiger partial charge in [0.25, 0.3) is 0 Å². The van der Waals surface area contributed by atoms with Gasteiger partial charge in [-0.1, -0.05) is 31.0 Å². The molecule has 0 aliphatic heterocycles. The summed E-state index contributed by atoms with van der Waals surface area (Å²) in [6.45, 7) is 0. The highest BCUT2D eigenvalue weighted by atomic mass is 16.3. The van der Waals surface area contributed by atoms with Crippen LogP contribution in [0, 0.1) is 0 Å². The third-order valence-corrected chi connectivity index (χ3v) is 3.39. The fourth-order valence-electron chi connectivity index (χ4n) is 2.37. The van der Waals surface area contributed by atoms with Crippen molar-refractivity contribution in [3.05, 3.63) is 29.8 Å². The molecular weight excluding hydrogens is 188 g/mol. The van der Waals surface area contributed by atoms with Crippen LogP contribution in [0.1, 0.15) is 37.7 Å². The Hall–Kier alpha value is -1.02. The molecule has 2 N–H and O–H groups in total. The first-order valence-corrected chi connectivity index (χ1v) is 5.69. The minimum absolute atomic E-state index is 0.346. The van der Waals surface area contributed by atoms with Crippen molar-refractivity contribution in [1.82, 2.24) is 0 Å². The normalized spacial score (nSPS) is 19.3. The van der Waals surface area contributed by atoms with Gasteiger partial charge >= 0.3 is 0 Å². The van der Waals surface area contributed by atoms with E-state index in [0.29, 0.717) is 5.75 Å². The number of aryl methyl sites for hydroxylation is 1. The van der Waals surface area contributed by atoms with Crippen LogP contribution in [0.25, 0.3) is 0 Å². The van der Waals surface area contributed by atoms with Gasteiger partial charge in [0.15, 0.2) is 0 Å². The molecule has 0 saturated heterocycles. The Morgan fingerprint density at radius 3 is 2.47 bits per heavy atom. The number of aliphatic hydroxyl groups is 1. The fourth-order valence-corrected chi connectivity index (χ4v) is 2.37. The van der Waals surface area contributed by atoms with Gasteiger partial charge in [-0.3, -0.25) is 0 Å². The smallest absolute Gasteiger partial charge is 0.118 e. The molecule has 0 bridgehead atoms. The van der Waals surface area contributed by atoms with Crippen molar-refractivity contribution in [1.29, 1.82) is 0 Å². The second-order valence-electron chi connectivity index (χ2n) is 4.56. The number of benzene rings is 1. The third-order valence-electron chi connectivity index (χ3n) is 3.39. The molecule has 0 amide bonds. The molecule has 1 saturated carbocycles. The predicted octanol–water partition coefficient (Wildman–Crippen LogP) is 2.63. The molecule has 82 valence electrons. The average Bonchev–Trinajstić information content (AvgIpc) is 2.65. The fraction of sp³-hybridized carbons (Fsp3) is 0.538. The van der Waals surface area contributed by atoms with Crippen LogP contribution in [0.4, 0.5) is 0 Å². The maximum Gasteiger partial charge on any atom is 0.118 e. The Morgan fingerprint density at radius 2 is 1.80 bits per heavy atom. The number of phenols is 1. The van der Waals surface area contributed by atoms with Gasteiger partial charge in [-0.15, -0.1) is 0 Å². The van der Waals surface area contributed by atoms with Crippen molar-refractivity contribution in [2.45, 2.75) is 44.1 Å². The summed E-state index contributed by atoms with van der Waals surface area (Å²) in [5.74, 6) is 0.346. The number of aromatic hydroxyl groups is 1. The quantitative estimate of drug-likeness (QED) is 0.798. The lowest BCUT2D eigenvalue weighted by Crippen LogP contribution is -2.24. The lowest BCUT2D eigenvalue weighted by atomic mass is 9.93. The van der Waals surface area contributed by atoms with Crippen LogP contribution in [0.15, 0.2) is 24.3 Å².